The minimum Gasteiger partial charge on any atom is -0.453 e. The maximum atomic E-state index is 13.8. The van der Waals surface area contributed by atoms with Gasteiger partial charge in [-0.15, -0.1) is 23.2 Å². The summed E-state index contributed by atoms with van der Waals surface area (Å²) in [5.74, 6) is -4.42. The molecule has 0 unspecified atom stereocenters. The molecule has 7 rings (SSSR count). The van der Waals surface area contributed by atoms with Crippen LogP contribution in [0.15, 0.2) is 78.9 Å². The number of carbonyl (C=O) groups excluding carboxylic acids is 4. The minimum atomic E-state index is -1.32. The van der Waals surface area contributed by atoms with Gasteiger partial charge in [0.25, 0.3) is 0 Å². The second-order valence-corrected chi connectivity index (χ2v) is 10.8. The van der Waals surface area contributed by atoms with Crippen molar-refractivity contribution >= 4 is 46.8 Å². The van der Waals surface area contributed by atoms with Gasteiger partial charge in [-0.1, -0.05) is 78.9 Å². The first-order valence-corrected chi connectivity index (χ1v) is 12.7. The molecule has 0 radical (unpaired) electrons. The zero-order valence-corrected chi connectivity index (χ0v) is 21.2. The molecular formula is C29H21Cl2NO5. The van der Waals surface area contributed by atoms with Gasteiger partial charge in [-0.3, -0.25) is 24.1 Å². The average molecular weight is 534 g/mol. The van der Waals surface area contributed by atoms with Crippen LogP contribution in [0.3, 0.4) is 0 Å². The number of hydrogen-bond donors (Lipinski definition) is 0. The normalized spacial score (nSPS) is 27.8. The number of hydrogen-bond acceptors (Lipinski definition) is 5. The van der Waals surface area contributed by atoms with Crippen LogP contribution in [0.1, 0.15) is 39.5 Å². The smallest absolute Gasteiger partial charge is 0.326 e. The molecule has 3 aromatic carbocycles. The van der Waals surface area contributed by atoms with Crippen LogP contribution in [0, 0.1) is 11.8 Å². The van der Waals surface area contributed by atoms with Gasteiger partial charge in [-0.05, 0) is 29.2 Å². The van der Waals surface area contributed by atoms with Gasteiger partial charge in [0, 0.05) is 5.56 Å². The molecule has 3 aromatic rings. The molecule has 37 heavy (non-hydrogen) atoms. The first-order valence-electron chi connectivity index (χ1n) is 11.9. The number of carbonyl (C=O) groups is 4. The van der Waals surface area contributed by atoms with Crippen molar-refractivity contribution in [3.05, 3.63) is 107 Å². The van der Waals surface area contributed by atoms with Crippen LogP contribution in [-0.2, 0) is 28.9 Å². The molecule has 1 aliphatic heterocycles. The molecule has 3 aliphatic carbocycles. The second-order valence-electron chi connectivity index (χ2n) is 9.60. The van der Waals surface area contributed by atoms with Crippen LogP contribution in [0.5, 0.6) is 0 Å². The van der Waals surface area contributed by atoms with Gasteiger partial charge < -0.3 is 4.74 Å². The van der Waals surface area contributed by atoms with Crippen molar-refractivity contribution in [3.8, 4) is 0 Å². The van der Waals surface area contributed by atoms with E-state index < -0.39 is 52.0 Å². The molecule has 0 aromatic heterocycles. The SMILES string of the molecule is C[C@H](OC(=O)CN1C(=O)[C@@H]2[C@@H](C1=O)C1(Cl)c3ccccc3C2(Cl)c2ccccc21)C(=O)c1ccccc1. The highest BCUT2D eigenvalue weighted by Gasteiger charge is 2.73. The molecule has 1 fully saturated rings. The topological polar surface area (TPSA) is 80.8 Å². The summed E-state index contributed by atoms with van der Waals surface area (Å²) in [5.41, 5.74) is 3.11. The summed E-state index contributed by atoms with van der Waals surface area (Å²) in [5, 5.41) is 0. The Morgan fingerprint density at radius 1 is 0.784 bits per heavy atom. The van der Waals surface area contributed by atoms with Gasteiger partial charge in [0.15, 0.2) is 6.10 Å². The maximum Gasteiger partial charge on any atom is 0.326 e. The number of rotatable bonds is 5. The summed E-state index contributed by atoms with van der Waals surface area (Å²) >= 11 is 14.7. The lowest BCUT2D eigenvalue weighted by atomic mass is 9.54. The molecule has 2 bridgehead atoms. The molecule has 186 valence electrons. The number of nitrogens with zero attached hydrogens (tertiary/aromatic N) is 1. The predicted octanol–water partition coefficient (Wildman–Crippen LogP) is 4.39. The van der Waals surface area contributed by atoms with Crippen LogP contribution in [-0.4, -0.2) is 41.1 Å². The van der Waals surface area contributed by atoms with Crippen LogP contribution in [0.2, 0.25) is 0 Å². The standard InChI is InChI=1S/C29H21Cl2NO5/c1-16(25(34)17-9-3-2-4-10-17)37-22(33)15-32-26(35)23-24(27(32)36)29(31)19-12-6-5-11-18(19)28(23,30)20-13-7-8-14-21(20)29/h2-14,16,23-24H,15H2,1H3/t16-,23-,24-,28?,29?/m0/s1. The first-order chi connectivity index (χ1) is 17.7. The largest absolute Gasteiger partial charge is 0.453 e. The van der Waals surface area contributed by atoms with Crippen LogP contribution < -0.4 is 0 Å². The lowest BCUT2D eigenvalue weighted by Crippen LogP contribution is -2.57. The quantitative estimate of drug-likeness (QED) is 0.210. The molecule has 3 atom stereocenters. The van der Waals surface area contributed by atoms with E-state index in [1.54, 1.807) is 30.3 Å². The van der Waals surface area contributed by atoms with Gasteiger partial charge in [-0.2, -0.15) is 0 Å². The Bertz CT molecular complexity index is 1360. The van der Waals surface area contributed by atoms with Crippen molar-refractivity contribution in [1.29, 1.82) is 0 Å². The number of likely N-dealkylation sites (tertiary alicyclic amines) is 1. The summed E-state index contributed by atoms with van der Waals surface area (Å²) in [7, 11) is 0. The summed E-state index contributed by atoms with van der Waals surface area (Å²) < 4.78 is 5.32. The summed E-state index contributed by atoms with van der Waals surface area (Å²) in [4.78, 5) is 51.2. The molecule has 0 saturated carbocycles. The number of amides is 2. The highest BCUT2D eigenvalue weighted by molar-refractivity contribution is 6.36. The van der Waals surface area contributed by atoms with E-state index in [9.17, 15) is 19.2 Å². The van der Waals surface area contributed by atoms with Crippen molar-refractivity contribution < 1.29 is 23.9 Å². The summed E-state index contributed by atoms with van der Waals surface area (Å²) in [6.45, 7) is 0.819. The third-order valence-electron chi connectivity index (χ3n) is 7.70. The van der Waals surface area contributed by atoms with Crippen molar-refractivity contribution in [1.82, 2.24) is 4.90 Å². The Morgan fingerprint density at radius 2 is 1.19 bits per heavy atom. The lowest BCUT2D eigenvalue weighted by Gasteiger charge is -2.54. The number of ketones is 1. The number of Topliss-reactive ketones (excluding diaryl/α,β-unsaturated/α-hetero) is 1. The fraction of sp³-hybridized carbons (Fsp3) is 0.241. The number of halogens is 2. The number of imide groups is 1. The van der Waals surface area contributed by atoms with Gasteiger partial charge in [-0.25, -0.2) is 0 Å². The predicted molar refractivity (Wildman–Crippen MR) is 136 cm³/mol. The molecule has 4 aliphatic rings. The van der Waals surface area contributed by atoms with Crippen LogP contribution in [0.25, 0.3) is 0 Å². The van der Waals surface area contributed by atoms with Gasteiger partial charge in [0.2, 0.25) is 17.6 Å². The molecule has 0 N–H and O–H groups in total. The highest BCUT2D eigenvalue weighted by atomic mass is 35.5. The average Bonchev–Trinajstić information content (AvgIpc) is 3.17. The third-order valence-corrected chi connectivity index (χ3v) is 8.98. The Kier molecular flexibility index (Phi) is 5.34. The molecule has 1 saturated heterocycles. The van der Waals surface area contributed by atoms with E-state index in [-0.39, 0.29) is 5.78 Å². The minimum absolute atomic E-state index is 0.384. The molecule has 1 heterocycles. The van der Waals surface area contributed by atoms with Crippen molar-refractivity contribution in [2.45, 2.75) is 22.8 Å². The monoisotopic (exact) mass is 533 g/mol. The Labute approximate surface area is 223 Å². The van der Waals surface area contributed by atoms with E-state index in [0.29, 0.717) is 27.8 Å². The second kappa shape index (κ2) is 8.27. The van der Waals surface area contributed by atoms with E-state index in [0.717, 1.165) is 4.90 Å². The molecular weight excluding hydrogens is 513 g/mol. The zero-order chi connectivity index (χ0) is 26.1. The van der Waals surface area contributed by atoms with Gasteiger partial charge in [0.05, 0.1) is 11.8 Å². The Hall–Kier alpha value is -3.48. The number of esters is 1. The number of benzene rings is 3. The van der Waals surface area contributed by atoms with E-state index in [1.165, 1.54) is 6.92 Å². The van der Waals surface area contributed by atoms with Gasteiger partial charge >= 0.3 is 5.97 Å². The molecule has 6 nitrogen and oxygen atoms in total. The fourth-order valence-electron chi connectivity index (χ4n) is 6.13. The van der Waals surface area contributed by atoms with Gasteiger partial charge in [0.1, 0.15) is 16.3 Å². The third kappa shape index (κ3) is 3.12. The Balaban J connectivity index is 1.33. The molecule has 2 amide bonds. The van der Waals surface area contributed by atoms with Crippen molar-refractivity contribution in [3.63, 3.8) is 0 Å². The molecule has 0 spiro atoms. The Morgan fingerprint density at radius 3 is 1.62 bits per heavy atom. The van der Waals surface area contributed by atoms with E-state index in [4.69, 9.17) is 27.9 Å². The highest BCUT2D eigenvalue weighted by Crippen LogP contribution is 2.69. The maximum absolute atomic E-state index is 13.8. The first kappa shape index (κ1) is 23.9. The zero-order valence-electron chi connectivity index (χ0n) is 19.7. The van der Waals surface area contributed by atoms with Crippen molar-refractivity contribution in [2.24, 2.45) is 11.8 Å². The summed E-state index contributed by atoms with van der Waals surface area (Å²) in [6.07, 6.45) is -1.09. The number of ether oxygens (including phenoxy) is 1. The van der Waals surface area contributed by atoms with E-state index >= 15 is 0 Å². The summed E-state index contributed by atoms with van der Waals surface area (Å²) in [6, 6.07) is 23.0. The van der Waals surface area contributed by atoms with E-state index in [1.807, 2.05) is 48.5 Å². The molecule has 8 heteroatoms. The van der Waals surface area contributed by atoms with Crippen LogP contribution >= 0.6 is 23.2 Å². The fourth-order valence-corrected chi connectivity index (χ4v) is 7.23. The van der Waals surface area contributed by atoms with Crippen LogP contribution in [0.4, 0.5) is 0 Å². The van der Waals surface area contributed by atoms with Crippen molar-refractivity contribution in [2.75, 3.05) is 6.54 Å². The number of alkyl halides is 2. The lowest BCUT2D eigenvalue weighted by molar-refractivity contribution is -0.154. The van der Waals surface area contributed by atoms with E-state index in [2.05, 4.69) is 0 Å².